The molecule has 3 heteroatoms. The maximum atomic E-state index is 13.7. The highest BCUT2D eigenvalue weighted by Gasteiger charge is 2.26. The van der Waals surface area contributed by atoms with Gasteiger partial charge in [-0.25, -0.2) is 4.39 Å². The largest absolute Gasteiger partial charge is 0.310 e. The van der Waals surface area contributed by atoms with Gasteiger partial charge in [0.05, 0.1) is 5.02 Å². The first kappa shape index (κ1) is 15.8. The van der Waals surface area contributed by atoms with E-state index in [0.29, 0.717) is 10.9 Å². The molecule has 1 aromatic carbocycles. The maximum absolute atomic E-state index is 13.7. The van der Waals surface area contributed by atoms with Crippen LogP contribution in [-0.4, -0.2) is 6.54 Å². The van der Waals surface area contributed by atoms with Gasteiger partial charge < -0.3 is 5.32 Å². The van der Waals surface area contributed by atoms with E-state index in [2.05, 4.69) is 12.2 Å². The van der Waals surface area contributed by atoms with Crippen LogP contribution in [0.5, 0.6) is 0 Å². The predicted octanol–water partition coefficient (Wildman–Crippen LogP) is 5.49. The molecule has 1 aliphatic rings. The molecule has 1 N–H and O–H groups in total. The highest BCUT2D eigenvalue weighted by Crippen LogP contribution is 2.37. The molecule has 2 rings (SSSR count). The van der Waals surface area contributed by atoms with Gasteiger partial charge in [0.25, 0.3) is 0 Å². The first-order valence-corrected chi connectivity index (χ1v) is 8.29. The molecule has 112 valence electrons. The Morgan fingerprint density at radius 3 is 2.60 bits per heavy atom. The highest BCUT2D eigenvalue weighted by atomic mass is 35.5. The first-order chi connectivity index (χ1) is 9.74. The zero-order valence-corrected chi connectivity index (χ0v) is 13.1. The van der Waals surface area contributed by atoms with Crippen molar-refractivity contribution in [2.24, 2.45) is 5.92 Å². The zero-order valence-electron chi connectivity index (χ0n) is 12.3. The Morgan fingerprint density at radius 1 is 1.25 bits per heavy atom. The topological polar surface area (TPSA) is 12.0 Å². The van der Waals surface area contributed by atoms with E-state index < -0.39 is 0 Å². The van der Waals surface area contributed by atoms with Crippen molar-refractivity contribution in [3.63, 3.8) is 0 Å². The van der Waals surface area contributed by atoms with E-state index in [4.69, 9.17) is 11.6 Å². The third-order valence-electron chi connectivity index (χ3n) is 4.30. The monoisotopic (exact) mass is 297 g/mol. The van der Waals surface area contributed by atoms with Crippen LogP contribution in [0.3, 0.4) is 0 Å². The molecule has 1 aromatic rings. The maximum Gasteiger partial charge on any atom is 0.142 e. The fourth-order valence-corrected chi connectivity index (χ4v) is 3.48. The van der Waals surface area contributed by atoms with Gasteiger partial charge in [-0.1, -0.05) is 56.3 Å². The van der Waals surface area contributed by atoms with Crippen LogP contribution in [0.1, 0.15) is 63.5 Å². The Bertz CT molecular complexity index is 413. The molecule has 20 heavy (non-hydrogen) atoms. The zero-order chi connectivity index (χ0) is 14.4. The van der Waals surface area contributed by atoms with E-state index in [1.54, 1.807) is 6.07 Å². The van der Waals surface area contributed by atoms with Crippen molar-refractivity contribution in [1.82, 2.24) is 5.32 Å². The summed E-state index contributed by atoms with van der Waals surface area (Å²) in [5.74, 6) is 0.268. The van der Waals surface area contributed by atoms with Gasteiger partial charge in [-0.05, 0) is 43.4 Å². The number of rotatable bonds is 5. The number of hydrogen-bond acceptors (Lipinski definition) is 1. The van der Waals surface area contributed by atoms with Gasteiger partial charge in [0.2, 0.25) is 0 Å². The molecule has 1 unspecified atom stereocenters. The Morgan fingerprint density at radius 2 is 1.95 bits per heavy atom. The summed E-state index contributed by atoms with van der Waals surface area (Å²) in [6, 6.07) is 5.38. The second kappa shape index (κ2) is 7.99. The number of hydrogen-bond donors (Lipinski definition) is 1. The van der Waals surface area contributed by atoms with Crippen LogP contribution in [0.2, 0.25) is 5.02 Å². The normalized spacial score (nSPS) is 18.8. The standard InChI is InChI=1S/C17H25ClFN/c1-2-12-20-17(13-8-5-3-4-6-9-13)14-10-7-11-15(19)16(14)18/h7,10-11,13,17,20H,2-6,8-9,12H2,1H3. The molecule has 0 heterocycles. The Kier molecular flexibility index (Phi) is 6.31. The summed E-state index contributed by atoms with van der Waals surface area (Å²) in [6.07, 6.45) is 8.73. The van der Waals surface area contributed by atoms with E-state index in [0.717, 1.165) is 18.5 Å². The minimum atomic E-state index is -0.305. The average molecular weight is 298 g/mol. The molecule has 0 bridgehead atoms. The summed E-state index contributed by atoms with van der Waals surface area (Å²) in [5, 5.41) is 3.90. The van der Waals surface area contributed by atoms with Crippen molar-refractivity contribution in [2.75, 3.05) is 6.54 Å². The Balaban J connectivity index is 2.23. The quantitative estimate of drug-likeness (QED) is 0.709. The third kappa shape index (κ3) is 3.95. The number of halogens is 2. The summed E-state index contributed by atoms with van der Waals surface area (Å²) < 4.78 is 13.7. The van der Waals surface area contributed by atoms with Gasteiger partial charge >= 0.3 is 0 Å². The SMILES string of the molecule is CCCNC(c1cccc(F)c1Cl)C1CCCCCC1. The molecule has 1 atom stereocenters. The van der Waals surface area contributed by atoms with Crippen molar-refractivity contribution in [2.45, 2.75) is 57.9 Å². The van der Waals surface area contributed by atoms with Crippen molar-refractivity contribution < 1.29 is 4.39 Å². The van der Waals surface area contributed by atoms with E-state index in [1.807, 2.05) is 6.07 Å². The smallest absolute Gasteiger partial charge is 0.142 e. The summed E-state index contributed by atoms with van der Waals surface area (Å²) in [4.78, 5) is 0. The second-order valence-electron chi connectivity index (χ2n) is 5.83. The van der Waals surface area contributed by atoms with Crippen LogP contribution < -0.4 is 5.32 Å². The van der Waals surface area contributed by atoms with Gasteiger partial charge in [0.1, 0.15) is 5.82 Å². The lowest BCUT2D eigenvalue weighted by molar-refractivity contribution is 0.325. The molecule has 0 aliphatic heterocycles. The third-order valence-corrected chi connectivity index (χ3v) is 4.70. The molecule has 1 nitrogen and oxygen atoms in total. The fourth-order valence-electron chi connectivity index (χ4n) is 3.24. The van der Waals surface area contributed by atoms with Gasteiger partial charge in [0.15, 0.2) is 0 Å². The molecular weight excluding hydrogens is 273 g/mol. The van der Waals surface area contributed by atoms with Gasteiger partial charge in [-0.2, -0.15) is 0 Å². The minimum absolute atomic E-state index is 0.191. The summed E-state index contributed by atoms with van der Waals surface area (Å²) in [6.45, 7) is 3.11. The van der Waals surface area contributed by atoms with Crippen LogP contribution in [0, 0.1) is 11.7 Å². The molecule has 1 aliphatic carbocycles. The summed E-state index contributed by atoms with van der Waals surface area (Å²) in [5.41, 5.74) is 0.937. The molecule has 0 saturated heterocycles. The molecule has 0 amide bonds. The van der Waals surface area contributed by atoms with Crippen LogP contribution >= 0.6 is 11.6 Å². The minimum Gasteiger partial charge on any atom is -0.310 e. The molecule has 0 radical (unpaired) electrons. The molecule has 1 fully saturated rings. The lowest BCUT2D eigenvalue weighted by Crippen LogP contribution is -2.29. The van der Waals surface area contributed by atoms with Crippen molar-refractivity contribution >= 4 is 11.6 Å². The lowest BCUT2D eigenvalue weighted by Gasteiger charge is -2.28. The number of benzene rings is 1. The lowest BCUT2D eigenvalue weighted by atomic mass is 9.87. The number of nitrogens with one attached hydrogen (secondary N) is 1. The average Bonchev–Trinajstić information content (AvgIpc) is 2.73. The van der Waals surface area contributed by atoms with E-state index in [-0.39, 0.29) is 11.9 Å². The fraction of sp³-hybridized carbons (Fsp3) is 0.647. The van der Waals surface area contributed by atoms with Gasteiger partial charge in [0, 0.05) is 6.04 Å². The van der Waals surface area contributed by atoms with Crippen molar-refractivity contribution in [3.05, 3.63) is 34.6 Å². The molecule has 1 saturated carbocycles. The van der Waals surface area contributed by atoms with Crippen molar-refractivity contribution in [3.8, 4) is 0 Å². The summed E-state index contributed by atoms with van der Waals surface area (Å²) in [7, 11) is 0. The highest BCUT2D eigenvalue weighted by molar-refractivity contribution is 6.31. The van der Waals surface area contributed by atoms with Gasteiger partial charge in [-0.3, -0.25) is 0 Å². The van der Waals surface area contributed by atoms with Gasteiger partial charge in [-0.15, -0.1) is 0 Å². The van der Waals surface area contributed by atoms with Crippen molar-refractivity contribution in [1.29, 1.82) is 0 Å². The molecule has 0 spiro atoms. The molecular formula is C17H25ClFN. The van der Waals surface area contributed by atoms with Crippen LogP contribution in [0.15, 0.2) is 18.2 Å². The second-order valence-corrected chi connectivity index (χ2v) is 6.20. The summed E-state index contributed by atoms with van der Waals surface area (Å²) >= 11 is 6.21. The van der Waals surface area contributed by atoms with Crippen LogP contribution in [0.25, 0.3) is 0 Å². The Hall–Kier alpha value is -0.600. The van der Waals surface area contributed by atoms with Crippen LogP contribution in [0.4, 0.5) is 4.39 Å². The van der Waals surface area contributed by atoms with E-state index >= 15 is 0 Å². The van der Waals surface area contributed by atoms with Crippen LogP contribution in [-0.2, 0) is 0 Å². The first-order valence-electron chi connectivity index (χ1n) is 7.91. The van der Waals surface area contributed by atoms with E-state index in [1.165, 1.54) is 44.6 Å². The Labute approximate surface area is 126 Å². The molecule has 0 aromatic heterocycles. The predicted molar refractivity (Wildman–Crippen MR) is 83.6 cm³/mol. The van der Waals surface area contributed by atoms with E-state index in [9.17, 15) is 4.39 Å².